The number of aromatic nitrogens is 3. The van der Waals surface area contributed by atoms with Gasteiger partial charge in [0.25, 0.3) is 0 Å². The third-order valence-electron chi connectivity index (χ3n) is 3.38. The lowest BCUT2D eigenvalue weighted by molar-refractivity contribution is -0.115. The quantitative estimate of drug-likeness (QED) is 0.636. The molecule has 0 radical (unpaired) electrons. The van der Waals surface area contributed by atoms with Gasteiger partial charge in [0.15, 0.2) is 5.82 Å². The Bertz CT molecular complexity index is 716. The largest absolute Gasteiger partial charge is 0.336 e. The molecule has 2 rings (SSSR count). The van der Waals surface area contributed by atoms with Crippen LogP contribution in [0.25, 0.3) is 0 Å². The van der Waals surface area contributed by atoms with Crippen LogP contribution in [-0.4, -0.2) is 26.0 Å². The summed E-state index contributed by atoms with van der Waals surface area (Å²) in [6, 6.07) is 5.40. The van der Waals surface area contributed by atoms with Crippen molar-refractivity contribution in [2.24, 2.45) is 0 Å². The van der Waals surface area contributed by atoms with Crippen molar-refractivity contribution in [3.05, 3.63) is 34.6 Å². The van der Waals surface area contributed by atoms with Crippen LogP contribution in [0.1, 0.15) is 38.1 Å². The number of hydrogen-bond acceptors (Lipinski definition) is 5. The van der Waals surface area contributed by atoms with Crippen LogP contribution in [0, 0.1) is 6.92 Å². The third-order valence-corrected chi connectivity index (χ3v) is 4.85. The molecule has 8 heteroatoms. The Morgan fingerprint density at radius 3 is 2.65 bits per heavy atom. The molecule has 0 aliphatic heterocycles. The van der Waals surface area contributed by atoms with E-state index < -0.39 is 0 Å². The molecule has 0 aliphatic rings. The molecule has 6 nitrogen and oxygen atoms in total. The van der Waals surface area contributed by atoms with Gasteiger partial charge in [0.2, 0.25) is 11.1 Å². The van der Waals surface area contributed by atoms with Crippen LogP contribution >= 0.6 is 23.4 Å². The molecule has 2 aromatic rings. The lowest BCUT2D eigenvalue weighted by Crippen LogP contribution is -2.24. The van der Waals surface area contributed by atoms with E-state index in [2.05, 4.69) is 15.5 Å². The van der Waals surface area contributed by atoms with Crippen molar-refractivity contribution in [1.82, 2.24) is 14.9 Å². The van der Waals surface area contributed by atoms with E-state index in [1.54, 1.807) is 19.1 Å². The average Bonchev–Trinajstić information content (AvgIpc) is 2.85. The molecule has 124 valence electrons. The maximum Gasteiger partial charge on any atom is 0.237 e. The van der Waals surface area contributed by atoms with Crippen molar-refractivity contribution >= 4 is 35.0 Å². The summed E-state index contributed by atoms with van der Waals surface area (Å²) >= 11 is 7.33. The molecule has 1 aromatic carbocycles. The summed E-state index contributed by atoms with van der Waals surface area (Å²) in [5, 5.41) is 11.7. The lowest BCUT2D eigenvalue weighted by Gasteiger charge is -2.14. The van der Waals surface area contributed by atoms with Crippen LogP contribution in [0.4, 0.5) is 5.69 Å². The van der Waals surface area contributed by atoms with E-state index in [0.29, 0.717) is 21.7 Å². The molecule has 1 amide bonds. The highest BCUT2D eigenvalue weighted by Crippen LogP contribution is 2.26. The summed E-state index contributed by atoms with van der Waals surface area (Å²) in [4.78, 5) is 12.4. The Balaban J connectivity index is 2.07. The fraction of sp³-hybridized carbons (Fsp3) is 0.400. The van der Waals surface area contributed by atoms with Crippen LogP contribution in [-0.2, 0) is 4.79 Å². The zero-order valence-electron chi connectivity index (χ0n) is 13.5. The van der Waals surface area contributed by atoms with Gasteiger partial charge < -0.3 is 11.2 Å². The number of benzene rings is 1. The van der Waals surface area contributed by atoms with Crippen molar-refractivity contribution < 1.29 is 4.79 Å². The third kappa shape index (κ3) is 3.97. The number of nitrogens with zero attached hydrogens (tertiary/aromatic N) is 3. The van der Waals surface area contributed by atoms with Crippen LogP contribution in [0.3, 0.4) is 0 Å². The van der Waals surface area contributed by atoms with Gasteiger partial charge in [-0.25, -0.2) is 4.68 Å². The number of thioether (sulfide) groups is 1. The van der Waals surface area contributed by atoms with E-state index in [4.69, 9.17) is 17.4 Å². The van der Waals surface area contributed by atoms with E-state index in [0.717, 1.165) is 5.56 Å². The van der Waals surface area contributed by atoms with Crippen LogP contribution in [0.15, 0.2) is 23.4 Å². The monoisotopic (exact) mass is 353 g/mol. The molecule has 0 spiro atoms. The second-order valence-corrected chi connectivity index (χ2v) is 7.24. The first-order valence-corrected chi connectivity index (χ1v) is 8.50. The summed E-state index contributed by atoms with van der Waals surface area (Å²) in [5.74, 6) is 6.68. The molecule has 0 fully saturated rings. The first-order chi connectivity index (χ1) is 10.8. The highest BCUT2D eigenvalue weighted by atomic mass is 35.5. The topological polar surface area (TPSA) is 85.8 Å². The molecule has 23 heavy (non-hydrogen) atoms. The van der Waals surface area contributed by atoms with E-state index >= 15 is 0 Å². The van der Waals surface area contributed by atoms with Crippen molar-refractivity contribution in [1.29, 1.82) is 0 Å². The van der Waals surface area contributed by atoms with Gasteiger partial charge in [0.1, 0.15) is 0 Å². The molecule has 1 heterocycles. The Morgan fingerprint density at radius 1 is 1.35 bits per heavy atom. The number of anilines is 1. The molecule has 0 unspecified atom stereocenters. The predicted octanol–water partition coefficient (Wildman–Crippen LogP) is 3.20. The number of amides is 1. The van der Waals surface area contributed by atoms with Gasteiger partial charge in [0, 0.05) is 16.6 Å². The Morgan fingerprint density at radius 2 is 2.04 bits per heavy atom. The fourth-order valence-electron chi connectivity index (χ4n) is 1.95. The maximum absolute atomic E-state index is 12.4. The van der Waals surface area contributed by atoms with Gasteiger partial charge in [-0.2, -0.15) is 0 Å². The van der Waals surface area contributed by atoms with E-state index in [1.807, 2.05) is 26.8 Å². The Kier molecular flexibility index (Phi) is 5.54. The molecule has 0 aliphatic carbocycles. The Hall–Kier alpha value is -1.73. The van der Waals surface area contributed by atoms with Crippen molar-refractivity contribution in [3.8, 4) is 0 Å². The minimum absolute atomic E-state index is 0.144. The van der Waals surface area contributed by atoms with Gasteiger partial charge in [-0.15, -0.1) is 10.2 Å². The van der Waals surface area contributed by atoms with Crippen LogP contribution in [0.5, 0.6) is 0 Å². The number of nitrogens with two attached hydrogens (primary N) is 1. The SMILES string of the molecule is Cc1c(Cl)cccc1NC(=O)[C@@H](C)Sc1nnc(C(C)C)n1N. The van der Waals surface area contributed by atoms with E-state index in [-0.39, 0.29) is 17.1 Å². The number of hydrogen-bond donors (Lipinski definition) is 2. The van der Waals surface area contributed by atoms with Crippen molar-refractivity contribution in [2.75, 3.05) is 11.2 Å². The van der Waals surface area contributed by atoms with E-state index in [9.17, 15) is 4.79 Å². The van der Waals surface area contributed by atoms with Gasteiger partial charge in [0.05, 0.1) is 5.25 Å². The van der Waals surface area contributed by atoms with Crippen molar-refractivity contribution in [3.63, 3.8) is 0 Å². The van der Waals surface area contributed by atoms with Crippen LogP contribution in [0.2, 0.25) is 5.02 Å². The standard InChI is InChI=1S/C15H20ClN5OS/c1-8(2)13-19-20-15(21(13)17)23-10(4)14(22)18-12-7-5-6-11(16)9(12)3/h5-8,10H,17H2,1-4H3,(H,18,22)/t10-/m1/s1. The number of nitrogen functional groups attached to an aromatic ring is 1. The molecule has 1 aromatic heterocycles. The minimum Gasteiger partial charge on any atom is -0.336 e. The second kappa shape index (κ2) is 7.23. The summed E-state index contributed by atoms with van der Waals surface area (Å²) in [5.41, 5.74) is 1.54. The number of rotatable bonds is 5. The number of carbonyl (C=O) groups is 1. The van der Waals surface area contributed by atoms with Gasteiger partial charge in [-0.3, -0.25) is 4.79 Å². The summed E-state index contributed by atoms with van der Waals surface area (Å²) in [6.45, 7) is 7.63. The highest BCUT2D eigenvalue weighted by Gasteiger charge is 2.21. The predicted molar refractivity (Wildman–Crippen MR) is 94.4 cm³/mol. The molecule has 0 saturated heterocycles. The first kappa shape index (κ1) is 17.6. The number of halogens is 1. The second-order valence-electron chi connectivity index (χ2n) is 5.53. The van der Waals surface area contributed by atoms with Crippen molar-refractivity contribution in [2.45, 2.75) is 44.0 Å². The maximum atomic E-state index is 12.4. The molecule has 0 bridgehead atoms. The molecular formula is C15H20ClN5OS. The number of carbonyl (C=O) groups excluding carboxylic acids is 1. The smallest absolute Gasteiger partial charge is 0.237 e. The van der Waals surface area contributed by atoms with Gasteiger partial charge >= 0.3 is 0 Å². The van der Waals surface area contributed by atoms with Crippen LogP contribution < -0.4 is 11.2 Å². The summed E-state index contributed by atoms with van der Waals surface area (Å²) in [6.07, 6.45) is 0. The normalized spacial score (nSPS) is 12.4. The average molecular weight is 354 g/mol. The van der Waals surface area contributed by atoms with Gasteiger partial charge in [-0.05, 0) is 31.5 Å². The number of nitrogens with one attached hydrogen (secondary N) is 1. The zero-order chi connectivity index (χ0) is 17.1. The summed E-state index contributed by atoms with van der Waals surface area (Å²) in [7, 11) is 0. The first-order valence-electron chi connectivity index (χ1n) is 7.24. The Labute approximate surface area is 144 Å². The fourth-order valence-corrected chi connectivity index (χ4v) is 2.90. The molecule has 1 atom stereocenters. The van der Waals surface area contributed by atoms with Gasteiger partial charge in [-0.1, -0.05) is 43.3 Å². The molecular weight excluding hydrogens is 334 g/mol. The summed E-state index contributed by atoms with van der Waals surface area (Å²) < 4.78 is 1.43. The minimum atomic E-state index is -0.375. The lowest BCUT2D eigenvalue weighted by atomic mass is 10.2. The van der Waals surface area contributed by atoms with E-state index in [1.165, 1.54) is 16.4 Å². The zero-order valence-corrected chi connectivity index (χ0v) is 15.1. The molecule has 3 N–H and O–H groups in total. The highest BCUT2D eigenvalue weighted by molar-refractivity contribution is 8.00. The molecule has 0 saturated carbocycles.